The number of hydrogen-bond acceptors (Lipinski definition) is 5. The van der Waals surface area contributed by atoms with Gasteiger partial charge in [-0.25, -0.2) is 5.84 Å². The summed E-state index contributed by atoms with van der Waals surface area (Å²) in [4.78, 5) is 13.6. The molecule has 1 aromatic heterocycles. The number of amides is 1. The van der Waals surface area contributed by atoms with Gasteiger partial charge in [0.25, 0.3) is 5.91 Å². The molecule has 0 radical (unpaired) electrons. The number of aromatic nitrogens is 3. The maximum absolute atomic E-state index is 11.2. The van der Waals surface area contributed by atoms with E-state index in [9.17, 15) is 4.79 Å². The van der Waals surface area contributed by atoms with Crippen LogP contribution < -0.4 is 11.3 Å². The van der Waals surface area contributed by atoms with Crippen LogP contribution in [0.15, 0.2) is 6.20 Å². The molecule has 18 heavy (non-hydrogen) atoms. The van der Waals surface area contributed by atoms with E-state index in [1.54, 1.807) is 10.9 Å². The highest BCUT2D eigenvalue weighted by atomic mass is 16.2. The first kappa shape index (κ1) is 13.0. The highest BCUT2D eigenvalue weighted by molar-refractivity contribution is 5.91. The molecular formula is C11H20N6O. The van der Waals surface area contributed by atoms with Crippen molar-refractivity contribution < 1.29 is 4.79 Å². The van der Waals surface area contributed by atoms with Gasteiger partial charge in [-0.3, -0.25) is 14.9 Å². The first-order valence-corrected chi connectivity index (χ1v) is 6.14. The number of carbonyl (C=O) groups excluding carboxylic acids is 1. The Balaban J connectivity index is 1.84. The van der Waals surface area contributed by atoms with Gasteiger partial charge in [0, 0.05) is 13.1 Å². The van der Waals surface area contributed by atoms with Gasteiger partial charge in [-0.05, 0) is 18.4 Å². The zero-order valence-electron chi connectivity index (χ0n) is 10.9. The summed E-state index contributed by atoms with van der Waals surface area (Å²) in [6, 6.07) is 0. The van der Waals surface area contributed by atoms with Crippen LogP contribution >= 0.6 is 0 Å². The summed E-state index contributed by atoms with van der Waals surface area (Å²) in [5.41, 5.74) is 2.70. The smallest absolute Gasteiger partial charge is 0.287 e. The Bertz CT molecular complexity index is 427. The van der Waals surface area contributed by atoms with Crippen LogP contribution in [-0.4, -0.2) is 45.4 Å². The average Bonchev–Trinajstić information content (AvgIpc) is 2.92. The first-order valence-electron chi connectivity index (χ1n) is 6.14. The van der Waals surface area contributed by atoms with E-state index >= 15 is 0 Å². The van der Waals surface area contributed by atoms with Gasteiger partial charge in [-0.2, -0.15) is 0 Å². The molecule has 0 bridgehead atoms. The Hall–Kier alpha value is -1.47. The van der Waals surface area contributed by atoms with Crippen LogP contribution in [0.2, 0.25) is 0 Å². The molecule has 1 amide bonds. The van der Waals surface area contributed by atoms with E-state index in [1.807, 2.05) is 5.43 Å². The van der Waals surface area contributed by atoms with E-state index < -0.39 is 5.91 Å². The molecule has 0 unspecified atom stereocenters. The molecule has 0 aliphatic carbocycles. The molecule has 1 aromatic rings. The van der Waals surface area contributed by atoms with Crippen molar-refractivity contribution in [1.82, 2.24) is 25.3 Å². The predicted molar refractivity (Wildman–Crippen MR) is 66.5 cm³/mol. The van der Waals surface area contributed by atoms with E-state index in [2.05, 4.69) is 29.1 Å². The molecule has 1 aliphatic rings. The minimum Gasteiger partial charge on any atom is -0.301 e. The lowest BCUT2D eigenvalue weighted by molar-refractivity contribution is 0.0948. The fourth-order valence-corrected chi connectivity index (χ4v) is 2.24. The Morgan fingerprint density at radius 3 is 2.94 bits per heavy atom. The SMILES string of the molecule is CC1(C)CCN(CCn2cc(C(=O)NN)nn2)C1. The van der Waals surface area contributed by atoms with Gasteiger partial charge in [0.2, 0.25) is 0 Å². The number of nitrogens with one attached hydrogen (secondary N) is 1. The molecule has 1 saturated heterocycles. The molecule has 100 valence electrons. The van der Waals surface area contributed by atoms with Gasteiger partial charge >= 0.3 is 0 Å². The quantitative estimate of drug-likeness (QED) is 0.433. The van der Waals surface area contributed by atoms with Gasteiger partial charge in [0.15, 0.2) is 5.69 Å². The van der Waals surface area contributed by atoms with E-state index in [0.717, 1.165) is 26.2 Å². The summed E-state index contributed by atoms with van der Waals surface area (Å²) < 4.78 is 1.68. The maximum atomic E-state index is 11.2. The molecule has 3 N–H and O–H groups in total. The molecule has 7 nitrogen and oxygen atoms in total. The minimum absolute atomic E-state index is 0.249. The Labute approximate surface area is 106 Å². The second-order valence-corrected chi connectivity index (χ2v) is 5.53. The third kappa shape index (κ3) is 3.05. The van der Waals surface area contributed by atoms with Gasteiger partial charge in [-0.15, -0.1) is 5.10 Å². The maximum Gasteiger partial charge on any atom is 0.287 e. The van der Waals surface area contributed by atoms with Crippen molar-refractivity contribution in [2.75, 3.05) is 19.6 Å². The Morgan fingerprint density at radius 1 is 1.56 bits per heavy atom. The molecule has 1 aliphatic heterocycles. The summed E-state index contributed by atoms with van der Waals surface area (Å²) in [5, 5.41) is 7.67. The van der Waals surface area contributed by atoms with Crippen LogP contribution in [0.25, 0.3) is 0 Å². The van der Waals surface area contributed by atoms with Gasteiger partial charge in [0.1, 0.15) is 0 Å². The Morgan fingerprint density at radius 2 is 2.33 bits per heavy atom. The zero-order chi connectivity index (χ0) is 13.2. The topological polar surface area (TPSA) is 89.1 Å². The van der Waals surface area contributed by atoms with Crippen LogP contribution in [0.4, 0.5) is 0 Å². The van der Waals surface area contributed by atoms with E-state index in [-0.39, 0.29) is 5.69 Å². The molecule has 0 atom stereocenters. The van der Waals surface area contributed by atoms with Crippen molar-refractivity contribution in [2.24, 2.45) is 11.3 Å². The number of likely N-dealkylation sites (tertiary alicyclic amines) is 1. The van der Waals surface area contributed by atoms with Crippen LogP contribution in [0.3, 0.4) is 0 Å². The largest absolute Gasteiger partial charge is 0.301 e. The number of hydrogen-bond donors (Lipinski definition) is 2. The number of hydrazine groups is 1. The van der Waals surface area contributed by atoms with Gasteiger partial charge < -0.3 is 4.90 Å². The van der Waals surface area contributed by atoms with Crippen LogP contribution in [0, 0.1) is 5.41 Å². The normalized spacial score (nSPS) is 19.1. The molecule has 7 heteroatoms. The number of nitrogens with zero attached hydrogens (tertiary/aromatic N) is 4. The lowest BCUT2D eigenvalue weighted by atomic mass is 9.93. The molecule has 0 spiro atoms. The molecule has 0 aromatic carbocycles. The number of rotatable bonds is 4. The third-order valence-electron chi connectivity index (χ3n) is 3.30. The Kier molecular flexibility index (Phi) is 3.63. The standard InChI is InChI=1S/C11H20N6O/c1-11(2)3-4-16(8-11)5-6-17-7-9(14-15-17)10(18)13-12/h7H,3-6,8,12H2,1-2H3,(H,13,18). The van der Waals surface area contributed by atoms with E-state index in [0.29, 0.717) is 5.41 Å². The van der Waals surface area contributed by atoms with E-state index in [1.165, 1.54) is 6.42 Å². The highest BCUT2D eigenvalue weighted by Crippen LogP contribution is 2.28. The number of nitrogens with two attached hydrogens (primary N) is 1. The van der Waals surface area contributed by atoms with Crippen molar-refractivity contribution in [3.05, 3.63) is 11.9 Å². The molecular weight excluding hydrogens is 232 g/mol. The fourth-order valence-electron chi connectivity index (χ4n) is 2.24. The van der Waals surface area contributed by atoms with Crippen molar-refractivity contribution in [1.29, 1.82) is 0 Å². The number of nitrogen functional groups attached to an aromatic ring is 1. The lowest BCUT2D eigenvalue weighted by Crippen LogP contribution is -2.30. The minimum atomic E-state index is -0.413. The summed E-state index contributed by atoms with van der Waals surface area (Å²) in [7, 11) is 0. The van der Waals surface area contributed by atoms with Crippen LogP contribution in [-0.2, 0) is 6.54 Å². The first-order chi connectivity index (χ1) is 8.50. The van der Waals surface area contributed by atoms with Crippen molar-refractivity contribution >= 4 is 5.91 Å². The molecule has 2 heterocycles. The van der Waals surface area contributed by atoms with E-state index in [4.69, 9.17) is 5.84 Å². The summed E-state index contributed by atoms with van der Waals surface area (Å²) in [6.07, 6.45) is 2.84. The second kappa shape index (κ2) is 5.03. The summed E-state index contributed by atoms with van der Waals surface area (Å²) in [5.74, 6) is 4.62. The molecule has 2 rings (SSSR count). The van der Waals surface area contributed by atoms with Crippen molar-refractivity contribution in [3.63, 3.8) is 0 Å². The fraction of sp³-hybridized carbons (Fsp3) is 0.727. The monoisotopic (exact) mass is 252 g/mol. The third-order valence-corrected chi connectivity index (χ3v) is 3.30. The average molecular weight is 252 g/mol. The highest BCUT2D eigenvalue weighted by Gasteiger charge is 2.28. The second-order valence-electron chi connectivity index (χ2n) is 5.53. The van der Waals surface area contributed by atoms with Crippen LogP contribution in [0.5, 0.6) is 0 Å². The molecule has 1 fully saturated rings. The number of carbonyl (C=O) groups is 1. The zero-order valence-corrected chi connectivity index (χ0v) is 10.9. The van der Waals surface area contributed by atoms with Crippen molar-refractivity contribution in [3.8, 4) is 0 Å². The molecule has 0 saturated carbocycles. The van der Waals surface area contributed by atoms with Crippen LogP contribution in [0.1, 0.15) is 30.8 Å². The lowest BCUT2D eigenvalue weighted by Gasteiger charge is -2.19. The van der Waals surface area contributed by atoms with Crippen molar-refractivity contribution in [2.45, 2.75) is 26.8 Å². The summed E-state index contributed by atoms with van der Waals surface area (Å²) in [6.45, 7) is 8.46. The summed E-state index contributed by atoms with van der Waals surface area (Å²) >= 11 is 0. The van der Waals surface area contributed by atoms with Gasteiger partial charge in [-0.1, -0.05) is 19.1 Å². The predicted octanol–water partition coefficient (Wildman–Crippen LogP) is -0.386. The van der Waals surface area contributed by atoms with Gasteiger partial charge in [0.05, 0.1) is 12.7 Å².